The molecule has 0 aliphatic heterocycles. The predicted molar refractivity (Wildman–Crippen MR) is 83.4 cm³/mol. The van der Waals surface area contributed by atoms with Gasteiger partial charge in [0.15, 0.2) is 0 Å². The molecule has 3 aromatic heterocycles. The Balaban J connectivity index is 1.84. The van der Waals surface area contributed by atoms with Gasteiger partial charge >= 0.3 is 0 Å². The van der Waals surface area contributed by atoms with E-state index < -0.39 is 0 Å². The Labute approximate surface area is 124 Å². The molecule has 4 aromatic rings. The van der Waals surface area contributed by atoms with E-state index in [9.17, 15) is 0 Å². The van der Waals surface area contributed by atoms with E-state index in [4.69, 9.17) is 5.73 Å². The first kappa shape index (κ1) is 12.3. The van der Waals surface area contributed by atoms with E-state index in [1.807, 2.05) is 24.3 Å². The fourth-order valence-electron chi connectivity index (χ4n) is 2.28. The van der Waals surface area contributed by atoms with E-state index in [0.29, 0.717) is 5.82 Å². The average Bonchev–Trinajstić information content (AvgIpc) is 3.20. The van der Waals surface area contributed by atoms with Crippen molar-refractivity contribution in [3.8, 4) is 11.3 Å². The molecule has 108 valence electrons. The van der Waals surface area contributed by atoms with Crippen molar-refractivity contribution >= 4 is 28.4 Å². The first-order chi connectivity index (χ1) is 10.8. The van der Waals surface area contributed by atoms with Crippen molar-refractivity contribution in [1.82, 2.24) is 30.4 Å². The number of aromatic amines is 2. The van der Waals surface area contributed by atoms with Gasteiger partial charge < -0.3 is 11.1 Å². The number of nitrogen functional groups attached to an aromatic ring is 1. The van der Waals surface area contributed by atoms with Crippen molar-refractivity contribution in [2.24, 2.45) is 0 Å². The van der Waals surface area contributed by atoms with E-state index in [1.165, 1.54) is 0 Å². The van der Waals surface area contributed by atoms with Crippen LogP contribution in [0.5, 0.6) is 0 Å². The van der Waals surface area contributed by atoms with Gasteiger partial charge in [-0.2, -0.15) is 15.2 Å². The summed E-state index contributed by atoms with van der Waals surface area (Å²) in [6, 6.07) is 7.78. The van der Waals surface area contributed by atoms with Crippen LogP contribution in [0.1, 0.15) is 0 Å². The highest BCUT2D eigenvalue weighted by Gasteiger charge is 2.09. The zero-order valence-corrected chi connectivity index (χ0v) is 11.4. The van der Waals surface area contributed by atoms with Crippen molar-refractivity contribution in [3.63, 3.8) is 0 Å². The summed E-state index contributed by atoms with van der Waals surface area (Å²) in [5, 5.41) is 17.6. The lowest BCUT2D eigenvalue weighted by Gasteiger charge is -2.08. The molecule has 0 saturated heterocycles. The maximum Gasteiger partial charge on any atom is 0.222 e. The Hall–Kier alpha value is -3.42. The van der Waals surface area contributed by atoms with E-state index in [1.54, 1.807) is 18.6 Å². The Bertz CT molecular complexity index is 912. The quantitative estimate of drug-likeness (QED) is 0.458. The minimum absolute atomic E-state index is 0.209. The maximum absolute atomic E-state index is 5.82. The predicted octanol–water partition coefficient (Wildman–Crippen LogP) is 2.07. The van der Waals surface area contributed by atoms with E-state index >= 15 is 0 Å². The number of aromatic nitrogens is 6. The molecule has 8 heteroatoms. The molecule has 0 amide bonds. The van der Waals surface area contributed by atoms with Crippen LogP contribution in [0.15, 0.2) is 42.9 Å². The summed E-state index contributed by atoms with van der Waals surface area (Å²) < 4.78 is 0. The molecule has 3 heterocycles. The third-order valence-electron chi connectivity index (χ3n) is 3.29. The van der Waals surface area contributed by atoms with Gasteiger partial charge in [-0.1, -0.05) is 6.07 Å². The molecular weight excluding hydrogens is 280 g/mol. The van der Waals surface area contributed by atoms with Crippen LogP contribution in [-0.4, -0.2) is 30.4 Å². The van der Waals surface area contributed by atoms with Gasteiger partial charge in [0, 0.05) is 23.3 Å². The Morgan fingerprint density at radius 1 is 1.09 bits per heavy atom. The van der Waals surface area contributed by atoms with Gasteiger partial charge in [-0.15, -0.1) is 0 Å². The summed E-state index contributed by atoms with van der Waals surface area (Å²) in [4.78, 5) is 8.57. The molecular formula is C14H12N8. The first-order valence-corrected chi connectivity index (χ1v) is 6.62. The molecule has 0 unspecified atom stereocenters. The van der Waals surface area contributed by atoms with Gasteiger partial charge in [-0.05, 0) is 18.2 Å². The lowest BCUT2D eigenvalue weighted by atomic mass is 10.1. The molecule has 22 heavy (non-hydrogen) atoms. The second-order valence-electron chi connectivity index (χ2n) is 4.74. The summed E-state index contributed by atoms with van der Waals surface area (Å²) in [7, 11) is 0. The number of nitrogens with one attached hydrogen (secondary N) is 3. The second-order valence-corrected chi connectivity index (χ2v) is 4.74. The maximum atomic E-state index is 5.82. The van der Waals surface area contributed by atoms with Gasteiger partial charge in [-0.25, -0.2) is 4.98 Å². The molecule has 0 aliphatic rings. The van der Waals surface area contributed by atoms with Crippen molar-refractivity contribution < 1.29 is 0 Å². The monoisotopic (exact) mass is 292 g/mol. The molecule has 0 spiro atoms. The second kappa shape index (κ2) is 4.85. The van der Waals surface area contributed by atoms with Crippen LogP contribution < -0.4 is 11.1 Å². The minimum atomic E-state index is 0.209. The SMILES string of the molecule is Nc1nc(Nc2cn[nH]c2)c2ccc(-c3ccn[nH]3)cc2n1. The van der Waals surface area contributed by atoms with Crippen LogP contribution in [0.25, 0.3) is 22.2 Å². The summed E-state index contributed by atoms with van der Waals surface area (Å²) in [6.45, 7) is 0. The van der Waals surface area contributed by atoms with Gasteiger partial charge in [0.05, 0.1) is 23.1 Å². The highest BCUT2D eigenvalue weighted by Crippen LogP contribution is 2.27. The van der Waals surface area contributed by atoms with Crippen molar-refractivity contribution in [3.05, 3.63) is 42.9 Å². The number of hydrogen-bond acceptors (Lipinski definition) is 6. The van der Waals surface area contributed by atoms with Gasteiger partial charge in [-0.3, -0.25) is 10.2 Å². The highest BCUT2D eigenvalue weighted by atomic mass is 15.1. The smallest absolute Gasteiger partial charge is 0.222 e. The number of hydrogen-bond donors (Lipinski definition) is 4. The van der Waals surface area contributed by atoms with Crippen LogP contribution in [0.3, 0.4) is 0 Å². The van der Waals surface area contributed by atoms with Crippen molar-refractivity contribution in [2.75, 3.05) is 11.1 Å². The number of nitrogens with zero attached hydrogens (tertiary/aromatic N) is 4. The summed E-state index contributed by atoms with van der Waals surface area (Å²) in [5.74, 6) is 0.848. The molecule has 0 bridgehead atoms. The number of nitrogens with two attached hydrogens (primary N) is 1. The first-order valence-electron chi connectivity index (χ1n) is 6.62. The Morgan fingerprint density at radius 3 is 2.82 bits per heavy atom. The number of benzene rings is 1. The largest absolute Gasteiger partial charge is 0.368 e. The van der Waals surface area contributed by atoms with Crippen LogP contribution in [0.4, 0.5) is 17.5 Å². The van der Waals surface area contributed by atoms with Crippen LogP contribution in [0, 0.1) is 0 Å². The van der Waals surface area contributed by atoms with Gasteiger partial charge in [0.25, 0.3) is 0 Å². The molecule has 0 saturated carbocycles. The fraction of sp³-hybridized carbons (Fsp3) is 0. The molecule has 5 N–H and O–H groups in total. The van der Waals surface area contributed by atoms with E-state index in [0.717, 1.165) is 27.8 Å². The number of anilines is 3. The topological polar surface area (TPSA) is 121 Å². The van der Waals surface area contributed by atoms with Crippen molar-refractivity contribution in [2.45, 2.75) is 0 Å². The third-order valence-corrected chi connectivity index (χ3v) is 3.29. The average molecular weight is 292 g/mol. The zero-order chi connectivity index (χ0) is 14.9. The van der Waals surface area contributed by atoms with Crippen LogP contribution in [0.2, 0.25) is 0 Å². The molecule has 4 rings (SSSR count). The minimum Gasteiger partial charge on any atom is -0.368 e. The van der Waals surface area contributed by atoms with E-state index in [2.05, 4.69) is 35.7 Å². The summed E-state index contributed by atoms with van der Waals surface area (Å²) >= 11 is 0. The summed E-state index contributed by atoms with van der Waals surface area (Å²) in [5.41, 5.74) is 9.28. The highest BCUT2D eigenvalue weighted by molar-refractivity contribution is 5.93. The van der Waals surface area contributed by atoms with Crippen LogP contribution >= 0.6 is 0 Å². The lowest BCUT2D eigenvalue weighted by Crippen LogP contribution is -2.01. The molecule has 8 nitrogen and oxygen atoms in total. The molecule has 1 aromatic carbocycles. The van der Waals surface area contributed by atoms with Gasteiger partial charge in [0.2, 0.25) is 5.95 Å². The van der Waals surface area contributed by atoms with Crippen LogP contribution in [-0.2, 0) is 0 Å². The Kier molecular flexibility index (Phi) is 2.72. The standard InChI is InChI=1S/C14H12N8/c15-14-20-12-5-8(11-3-4-16-22-11)1-2-10(12)13(21-14)19-9-6-17-18-7-9/h1-7H,(H,16,22)(H,17,18)(H3,15,19,20,21). The number of fused-ring (bicyclic) bond motifs is 1. The van der Waals surface area contributed by atoms with Crippen molar-refractivity contribution in [1.29, 1.82) is 0 Å². The number of H-pyrrole nitrogens is 2. The summed E-state index contributed by atoms with van der Waals surface area (Å²) in [6.07, 6.45) is 5.12. The fourth-order valence-corrected chi connectivity index (χ4v) is 2.28. The zero-order valence-electron chi connectivity index (χ0n) is 11.4. The molecule has 0 atom stereocenters. The Morgan fingerprint density at radius 2 is 2.05 bits per heavy atom. The normalized spacial score (nSPS) is 10.9. The van der Waals surface area contributed by atoms with Gasteiger partial charge in [0.1, 0.15) is 5.82 Å². The molecule has 0 fully saturated rings. The van der Waals surface area contributed by atoms with E-state index in [-0.39, 0.29) is 5.95 Å². The third kappa shape index (κ3) is 2.12. The number of rotatable bonds is 3. The molecule has 0 radical (unpaired) electrons. The lowest BCUT2D eigenvalue weighted by molar-refractivity contribution is 1.09. The molecule has 0 aliphatic carbocycles.